The van der Waals surface area contributed by atoms with Crippen LogP contribution in [-0.2, 0) is 22.5 Å². The van der Waals surface area contributed by atoms with Crippen LogP contribution in [0.1, 0.15) is 25.0 Å². The van der Waals surface area contributed by atoms with Crippen molar-refractivity contribution in [2.45, 2.75) is 32.9 Å². The monoisotopic (exact) mass is 251 g/mol. The van der Waals surface area contributed by atoms with Gasteiger partial charge in [0.15, 0.2) is 0 Å². The van der Waals surface area contributed by atoms with Gasteiger partial charge in [0.05, 0.1) is 6.61 Å². The van der Waals surface area contributed by atoms with Crippen molar-refractivity contribution in [3.63, 3.8) is 0 Å². The Kier molecular flexibility index (Phi) is 5.34. The van der Waals surface area contributed by atoms with Gasteiger partial charge in [-0.1, -0.05) is 32.0 Å². The molecule has 0 fully saturated rings. The molecule has 0 amide bonds. The summed E-state index contributed by atoms with van der Waals surface area (Å²) in [6.45, 7) is 4.35. The molecule has 1 heterocycles. The van der Waals surface area contributed by atoms with Crippen molar-refractivity contribution < 1.29 is 19.6 Å². The zero-order chi connectivity index (χ0) is 13.7. The Hall–Kier alpha value is -1.37. The number of carboxylic acids is 1. The molecule has 1 aliphatic heterocycles. The average molecular weight is 251 g/mol. The summed E-state index contributed by atoms with van der Waals surface area (Å²) in [6.07, 6.45) is 0.276. The van der Waals surface area contributed by atoms with Gasteiger partial charge in [0, 0.05) is 0 Å². The summed E-state index contributed by atoms with van der Waals surface area (Å²) in [5.74, 6) is -1.02. The quantitative estimate of drug-likeness (QED) is 0.651. The fraction of sp³-hybridized carbons (Fsp3) is 0.417. The minimum atomic E-state index is -1.02. The first-order valence-corrected chi connectivity index (χ1v) is 5.97. The molecule has 1 atom stereocenters. The molecule has 5 nitrogen and oxygen atoms in total. The van der Waals surface area contributed by atoms with Crippen LogP contribution in [0, 0.1) is 0 Å². The number of fused-ring (bicyclic) bond motifs is 1. The van der Waals surface area contributed by atoms with E-state index in [-0.39, 0.29) is 6.42 Å². The highest BCUT2D eigenvalue weighted by Gasteiger charge is 2.27. The molecule has 4 N–H and O–H groups in total. The highest BCUT2D eigenvalue weighted by Crippen LogP contribution is 2.13. The molecule has 1 unspecified atom stereocenters. The van der Waals surface area contributed by atoms with Crippen molar-refractivity contribution in [3.8, 4) is 0 Å². The molecule has 0 aliphatic carbocycles. The van der Waals surface area contributed by atoms with Crippen LogP contribution in [0.4, 0.5) is 0 Å². The Bertz CT molecular complexity index is 425. The molecule has 0 spiro atoms. The molecular weight excluding hydrogens is 233 g/mol. The van der Waals surface area contributed by atoms with Crippen LogP contribution >= 0.6 is 0 Å². The molecule has 2 rings (SSSR count). The van der Waals surface area contributed by atoms with Crippen LogP contribution in [0.3, 0.4) is 0 Å². The van der Waals surface area contributed by atoms with Gasteiger partial charge >= 0.3 is 13.1 Å². The first kappa shape index (κ1) is 14.7. The number of rotatable bonds is 3. The highest BCUT2D eigenvalue weighted by atomic mass is 16.5. The van der Waals surface area contributed by atoms with Gasteiger partial charge in [-0.05, 0) is 23.0 Å². The Labute approximate surface area is 107 Å². The van der Waals surface area contributed by atoms with E-state index in [1.807, 2.05) is 19.9 Å². The highest BCUT2D eigenvalue weighted by molar-refractivity contribution is 6.61. The van der Waals surface area contributed by atoms with Crippen LogP contribution in [0.5, 0.6) is 0 Å². The number of carboxylic acid groups (broad SMARTS) is 1. The molecule has 18 heavy (non-hydrogen) atoms. The normalized spacial score (nSPS) is 14.6. The summed E-state index contributed by atoms with van der Waals surface area (Å²) >= 11 is 0. The first-order chi connectivity index (χ1) is 8.58. The van der Waals surface area contributed by atoms with Crippen molar-refractivity contribution in [3.05, 3.63) is 29.3 Å². The first-order valence-electron chi connectivity index (χ1n) is 5.97. The van der Waals surface area contributed by atoms with Gasteiger partial charge in [-0.15, -0.1) is 0 Å². The van der Waals surface area contributed by atoms with E-state index in [4.69, 9.17) is 15.5 Å². The van der Waals surface area contributed by atoms with E-state index >= 15 is 0 Å². The smallest absolute Gasteiger partial charge is 0.480 e. The van der Waals surface area contributed by atoms with Gasteiger partial charge < -0.3 is 20.5 Å². The maximum absolute atomic E-state index is 10.6. The molecule has 98 valence electrons. The van der Waals surface area contributed by atoms with Crippen molar-refractivity contribution in [2.75, 3.05) is 0 Å². The van der Waals surface area contributed by atoms with Crippen LogP contribution in [0.15, 0.2) is 18.2 Å². The third kappa shape index (κ3) is 3.32. The fourth-order valence-corrected chi connectivity index (χ4v) is 1.75. The predicted octanol–water partition coefficient (Wildman–Crippen LogP) is -0.115. The van der Waals surface area contributed by atoms with E-state index in [0.717, 1.165) is 16.6 Å². The van der Waals surface area contributed by atoms with Crippen LogP contribution in [0.2, 0.25) is 0 Å². The Morgan fingerprint density at radius 3 is 2.83 bits per heavy atom. The minimum absolute atomic E-state index is 0.276. The number of nitrogens with two attached hydrogens (primary N) is 1. The number of hydrogen-bond acceptors (Lipinski definition) is 4. The van der Waals surface area contributed by atoms with Crippen LogP contribution in [0.25, 0.3) is 0 Å². The largest absolute Gasteiger partial charge is 0.491 e. The second-order valence-electron chi connectivity index (χ2n) is 3.85. The molecule has 1 aliphatic rings. The SMILES string of the molecule is CC.NC(Cc1ccc2c(c1)COB2O)C(=O)O. The lowest BCUT2D eigenvalue weighted by Crippen LogP contribution is -2.32. The zero-order valence-electron chi connectivity index (χ0n) is 10.6. The van der Waals surface area contributed by atoms with E-state index in [9.17, 15) is 9.82 Å². The summed E-state index contributed by atoms with van der Waals surface area (Å²) in [6, 6.07) is 4.44. The molecule has 0 radical (unpaired) electrons. The lowest BCUT2D eigenvalue weighted by molar-refractivity contribution is -0.138. The summed E-state index contributed by atoms with van der Waals surface area (Å²) in [5.41, 5.74) is 7.91. The Morgan fingerprint density at radius 2 is 2.22 bits per heavy atom. The molecule has 0 aromatic heterocycles. The van der Waals surface area contributed by atoms with Gasteiger partial charge in [0.2, 0.25) is 0 Å². The molecular formula is C12H18BNO4. The average Bonchev–Trinajstić information content (AvgIpc) is 2.73. The van der Waals surface area contributed by atoms with Crippen LogP contribution < -0.4 is 11.2 Å². The number of carbonyl (C=O) groups is 1. The van der Waals surface area contributed by atoms with Gasteiger partial charge in [-0.25, -0.2) is 0 Å². The third-order valence-corrected chi connectivity index (χ3v) is 2.64. The fourth-order valence-electron chi connectivity index (χ4n) is 1.75. The Morgan fingerprint density at radius 1 is 1.56 bits per heavy atom. The summed E-state index contributed by atoms with van der Waals surface area (Å²) in [4.78, 5) is 10.6. The van der Waals surface area contributed by atoms with E-state index < -0.39 is 19.1 Å². The molecule has 6 heteroatoms. The summed E-state index contributed by atoms with van der Waals surface area (Å²) in [5, 5.41) is 18.1. The predicted molar refractivity (Wildman–Crippen MR) is 69.5 cm³/mol. The van der Waals surface area contributed by atoms with Crippen LogP contribution in [-0.4, -0.2) is 29.3 Å². The van der Waals surface area contributed by atoms with E-state index in [1.165, 1.54) is 0 Å². The number of benzene rings is 1. The van der Waals surface area contributed by atoms with Gasteiger partial charge in [0.25, 0.3) is 0 Å². The maximum atomic E-state index is 10.6. The van der Waals surface area contributed by atoms with E-state index in [1.54, 1.807) is 12.1 Å². The lowest BCUT2D eigenvalue weighted by Gasteiger charge is -2.07. The second kappa shape index (κ2) is 6.54. The summed E-state index contributed by atoms with van der Waals surface area (Å²) in [7, 11) is -0.864. The van der Waals surface area contributed by atoms with Gasteiger partial charge in [-0.3, -0.25) is 4.79 Å². The van der Waals surface area contributed by atoms with Crippen molar-refractivity contribution in [2.24, 2.45) is 5.73 Å². The number of hydrogen-bond donors (Lipinski definition) is 3. The Balaban J connectivity index is 0.000000771. The van der Waals surface area contributed by atoms with Crippen molar-refractivity contribution >= 4 is 18.6 Å². The van der Waals surface area contributed by atoms with E-state index in [0.29, 0.717) is 6.61 Å². The third-order valence-electron chi connectivity index (χ3n) is 2.64. The van der Waals surface area contributed by atoms with Crippen molar-refractivity contribution in [1.29, 1.82) is 0 Å². The minimum Gasteiger partial charge on any atom is -0.480 e. The van der Waals surface area contributed by atoms with Gasteiger partial charge in [0.1, 0.15) is 6.04 Å². The zero-order valence-corrected chi connectivity index (χ0v) is 10.6. The standard InChI is InChI=1S/C10H12BNO4.C2H6/c12-9(10(13)14)4-6-1-2-8-7(3-6)5-16-11(8)15;1-2/h1-3,9,15H,4-5,12H2,(H,13,14);1-2H3. The molecule has 1 aromatic rings. The van der Waals surface area contributed by atoms with Gasteiger partial charge in [-0.2, -0.15) is 0 Å². The molecule has 0 saturated carbocycles. The topological polar surface area (TPSA) is 92.8 Å². The lowest BCUT2D eigenvalue weighted by atomic mass is 9.79. The van der Waals surface area contributed by atoms with Crippen molar-refractivity contribution in [1.82, 2.24) is 0 Å². The molecule has 1 aromatic carbocycles. The number of aliphatic carboxylic acids is 1. The molecule has 0 saturated heterocycles. The second-order valence-corrected chi connectivity index (χ2v) is 3.85. The maximum Gasteiger partial charge on any atom is 0.491 e. The molecule has 0 bridgehead atoms. The summed E-state index contributed by atoms with van der Waals surface area (Å²) < 4.78 is 5.04. The van der Waals surface area contributed by atoms with E-state index in [2.05, 4.69) is 0 Å².